The van der Waals surface area contributed by atoms with E-state index in [0.29, 0.717) is 10.8 Å². The van der Waals surface area contributed by atoms with Gasteiger partial charge in [0.1, 0.15) is 0 Å². The zero-order valence-electron chi connectivity index (χ0n) is 21.7. The molecule has 0 spiro atoms. The van der Waals surface area contributed by atoms with Crippen molar-refractivity contribution in [1.82, 2.24) is 0 Å². The zero-order chi connectivity index (χ0) is 22.2. The molecule has 3 saturated carbocycles. The molecule has 3 fully saturated rings. The Morgan fingerprint density at radius 3 is 2.55 bits per heavy atom. The molecule has 8 atom stereocenters. The monoisotopic (exact) mass is 444 g/mol. The molecule has 0 nitrogen and oxygen atoms in total. The van der Waals surface area contributed by atoms with Crippen molar-refractivity contribution in [2.45, 2.75) is 124 Å². The van der Waals surface area contributed by atoms with Gasteiger partial charge in [0, 0.05) is 5.25 Å². The largest absolute Gasteiger partial charge is 0.158 e. The SMILES string of the molecule is CCCS[C@H]1CC[C@@]2(C)C(=CCC3C2CC[C@@]2(C)C3CC[C@@H]2C(C)CCCC(C)C)C1. The maximum absolute atomic E-state index is 2.78. The minimum absolute atomic E-state index is 0.536. The van der Waals surface area contributed by atoms with E-state index in [9.17, 15) is 0 Å². The van der Waals surface area contributed by atoms with Crippen molar-refractivity contribution in [2.75, 3.05) is 5.75 Å². The molecular weight excluding hydrogens is 392 g/mol. The summed E-state index contributed by atoms with van der Waals surface area (Å²) < 4.78 is 0. The molecule has 31 heavy (non-hydrogen) atoms. The highest BCUT2D eigenvalue weighted by Crippen LogP contribution is 2.67. The van der Waals surface area contributed by atoms with Crippen LogP contribution in [0, 0.1) is 46.3 Å². The van der Waals surface area contributed by atoms with Crippen LogP contribution in [0.25, 0.3) is 0 Å². The Kier molecular flexibility index (Phi) is 7.62. The van der Waals surface area contributed by atoms with Gasteiger partial charge in [0.25, 0.3) is 0 Å². The Morgan fingerprint density at radius 1 is 1.00 bits per heavy atom. The fraction of sp³-hybridized carbons (Fsp3) is 0.933. The third-order valence-electron chi connectivity index (χ3n) is 10.8. The van der Waals surface area contributed by atoms with E-state index in [0.717, 1.165) is 40.8 Å². The predicted molar refractivity (Wildman–Crippen MR) is 140 cm³/mol. The molecule has 0 aliphatic heterocycles. The highest BCUT2D eigenvalue weighted by atomic mass is 32.2. The number of rotatable bonds is 8. The molecule has 0 saturated heterocycles. The molecule has 0 aromatic rings. The Labute approximate surface area is 199 Å². The molecule has 1 heteroatoms. The van der Waals surface area contributed by atoms with Gasteiger partial charge in [-0.3, -0.25) is 0 Å². The lowest BCUT2D eigenvalue weighted by Crippen LogP contribution is -2.50. The molecular formula is C30H52S. The van der Waals surface area contributed by atoms with Gasteiger partial charge in [-0.1, -0.05) is 72.5 Å². The lowest BCUT2D eigenvalue weighted by Gasteiger charge is -2.58. The quantitative estimate of drug-likeness (QED) is 0.336. The predicted octanol–water partition coefficient (Wildman–Crippen LogP) is 9.54. The van der Waals surface area contributed by atoms with Gasteiger partial charge in [0.15, 0.2) is 0 Å². The normalized spacial score (nSPS) is 43.2. The average molecular weight is 445 g/mol. The summed E-state index contributed by atoms with van der Waals surface area (Å²) in [6.07, 6.45) is 20.3. The Hall–Kier alpha value is 0.0900. The molecule has 0 heterocycles. The number of allylic oxidation sites excluding steroid dienone is 2. The third-order valence-corrected chi connectivity index (χ3v) is 12.3. The third kappa shape index (κ3) is 4.57. The fourth-order valence-electron chi connectivity index (χ4n) is 9.08. The lowest BCUT2D eigenvalue weighted by atomic mass is 9.47. The average Bonchev–Trinajstić information content (AvgIpc) is 3.09. The van der Waals surface area contributed by atoms with Gasteiger partial charge in [-0.05, 0) is 110 Å². The van der Waals surface area contributed by atoms with Crippen LogP contribution in [-0.4, -0.2) is 11.0 Å². The van der Waals surface area contributed by atoms with Crippen molar-refractivity contribution in [1.29, 1.82) is 0 Å². The number of hydrogen-bond acceptors (Lipinski definition) is 1. The molecule has 4 unspecified atom stereocenters. The molecule has 0 N–H and O–H groups in total. The molecule has 0 aromatic carbocycles. The first kappa shape index (κ1) is 24.2. The summed E-state index contributed by atoms with van der Waals surface area (Å²) in [4.78, 5) is 0. The maximum Gasteiger partial charge on any atom is 0.00847 e. The van der Waals surface area contributed by atoms with Crippen LogP contribution in [0.3, 0.4) is 0 Å². The second kappa shape index (κ2) is 9.76. The summed E-state index contributed by atoms with van der Waals surface area (Å²) in [6, 6.07) is 0. The van der Waals surface area contributed by atoms with Crippen LogP contribution in [0.5, 0.6) is 0 Å². The molecule has 0 bridgehead atoms. The van der Waals surface area contributed by atoms with Crippen LogP contribution in [0.15, 0.2) is 11.6 Å². The Balaban J connectivity index is 1.45. The molecule has 178 valence electrons. The number of thioether (sulfide) groups is 1. The van der Waals surface area contributed by atoms with Crippen LogP contribution in [-0.2, 0) is 0 Å². The van der Waals surface area contributed by atoms with E-state index in [2.05, 4.69) is 59.4 Å². The van der Waals surface area contributed by atoms with Gasteiger partial charge in [-0.15, -0.1) is 0 Å². The molecule has 0 aromatic heterocycles. The highest BCUT2D eigenvalue weighted by Gasteiger charge is 2.59. The van der Waals surface area contributed by atoms with Gasteiger partial charge >= 0.3 is 0 Å². The van der Waals surface area contributed by atoms with E-state index < -0.39 is 0 Å². The van der Waals surface area contributed by atoms with Crippen molar-refractivity contribution in [3.8, 4) is 0 Å². The van der Waals surface area contributed by atoms with Crippen LogP contribution in [0.4, 0.5) is 0 Å². The highest BCUT2D eigenvalue weighted by molar-refractivity contribution is 7.99. The van der Waals surface area contributed by atoms with Crippen molar-refractivity contribution in [3.05, 3.63) is 11.6 Å². The van der Waals surface area contributed by atoms with Gasteiger partial charge < -0.3 is 0 Å². The van der Waals surface area contributed by atoms with Gasteiger partial charge in [-0.25, -0.2) is 0 Å². The summed E-state index contributed by atoms with van der Waals surface area (Å²) in [5.74, 6) is 7.13. The molecule has 4 aliphatic rings. The topological polar surface area (TPSA) is 0 Å². The minimum Gasteiger partial charge on any atom is -0.158 e. The second-order valence-corrected chi connectivity index (χ2v) is 14.4. The van der Waals surface area contributed by atoms with E-state index in [1.807, 2.05) is 5.57 Å². The maximum atomic E-state index is 2.78. The Morgan fingerprint density at radius 2 is 1.81 bits per heavy atom. The molecule has 4 rings (SSSR count). The van der Waals surface area contributed by atoms with E-state index >= 15 is 0 Å². The molecule has 4 aliphatic carbocycles. The summed E-state index contributed by atoms with van der Waals surface area (Å²) in [5.41, 5.74) is 3.05. The lowest BCUT2D eigenvalue weighted by molar-refractivity contribution is -0.0497. The summed E-state index contributed by atoms with van der Waals surface area (Å²) in [7, 11) is 0. The fourth-order valence-corrected chi connectivity index (χ4v) is 10.2. The van der Waals surface area contributed by atoms with Crippen LogP contribution < -0.4 is 0 Å². The van der Waals surface area contributed by atoms with Crippen LogP contribution in [0.1, 0.15) is 119 Å². The first-order valence-corrected chi connectivity index (χ1v) is 15.2. The van der Waals surface area contributed by atoms with Crippen LogP contribution >= 0.6 is 11.8 Å². The first-order chi connectivity index (χ1) is 14.8. The zero-order valence-corrected chi connectivity index (χ0v) is 22.5. The number of fused-ring (bicyclic) bond motifs is 5. The molecule has 0 radical (unpaired) electrons. The van der Waals surface area contributed by atoms with E-state index in [4.69, 9.17) is 0 Å². The van der Waals surface area contributed by atoms with Gasteiger partial charge in [0.2, 0.25) is 0 Å². The standard InChI is InChI=1S/C30H52S/c1-7-19-31-24-15-17-29(5)23(20-24)11-12-25-27-14-13-26(22(4)10-8-9-21(2)3)30(27,6)18-16-28(25)29/h11,21-22,24-28H,7-10,12-20H2,1-6H3/t22?,24-,25?,26+,27?,28?,29-,30+/m0/s1. The van der Waals surface area contributed by atoms with E-state index in [1.54, 1.807) is 0 Å². The van der Waals surface area contributed by atoms with E-state index in [-0.39, 0.29) is 0 Å². The summed E-state index contributed by atoms with van der Waals surface area (Å²) >= 11 is 2.27. The smallest absolute Gasteiger partial charge is 0.00847 e. The first-order valence-electron chi connectivity index (χ1n) is 14.1. The van der Waals surface area contributed by atoms with Gasteiger partial charge in [0.05, 0.1) is 0 Å². The van der Waals surface area contributed by atoms with Crippen molar-refractivity contribution >= 4 is 11.8 Å². The molecule has 0 amide bonds. The minimum atomic E-state index is 0.536. The number of hydrogen-bond donors (Lipinski definition) is 0. The van der Waals surface area contributed by atoms with Crippen LogP contribution in [0.2, 0.25) is 0 Å². The summed E-state index contributed by atoms with van der Waals surface area (Å²) in [6.45, 7) is 15.2. The Bertz CT molecular complexity index is 634. The van der Waals surface area contributed by atoms with Gasteiger partial charge in [-0.2, -0.15) is 11.8 Å². The summed E-state index contributed by atoms with van der Waals surface area (Å²) in [5, 5.41) is 0.909. The van der Waals surface area contributed by atoms with Crippen molar-refractivity contribution < 1.29 is 0 Å². The van der Waals surface area contributed by atoms with E-state index in [1.165, 1.54) is 82.8 Å². The van der Waals surface area contributed by atoms with Crippen molar-refractivity contribution in [3.63, 3.8) is 0 Å². The second-order valence-electron chi connectivity index (χ2n) is 13.0. The van der Waals surface area contributed by atoms with Crippen molar-refractivity contribution in [2.24, 2.45) is 46.3 Å².